The van der Waals surface area contributed by atoms with Gasteiger partial charge in [-0.1, -0.05) is 17.8 Å². The monoisotopic (exact) mass is 172 g/mol. The molecule has 0 nitrogen and oxygen atoms in total. The molecule has 0 saturated heterocycles. The molecule has 0 aliphatic carbocycles. The molecule has 1 heteroatoms. The van der Waals surface area contributed by atoms with Gasteiger partial charge in [-0.2, -0.15) is 0 Å². The van der Waals surface area contributed by atoms with Crippen LogP contribution in [0.3, 0.4) is 0 Å². The fraction of sp³-hybridized carbons (Fsp3) is 0.167. The van der Waals surface area contributed by atoms with Crippen LogP contribution >= 0.6 is 0 Å². The average molecular weight is 172 g/mol. The molecule has 0 aliphatic heterocycles. The molecule has 0 amide bonds. The fourth-order valence-electron chi connectivity index (χ4n) is 0.917. The quantitative estimate of drug-likeness (QED) is 0.527. The number of hydrogen-bond acceptors (Lipinski definition) is 0. The van der Waals surface area contributed by atoms with Gasteiger partial charge in [0.15, 0.2) is 6.67 Å². The molecule has 1 rings (SSSR count). The van der Waals surface area contributed by atoms with Gasteiger partial charge in [0.25, 0.3) is 0 Å². The van der Waals surface area contributed by atoms with Crippen LogP contribution in [0.1, 0.15) is 18.1 Å². The molecule has 0 atom stereocenters. The Balaban J connectivity index is 2.85. The molecular formula is C12H9F. The van der Waals surface area contributed by atoms with Crippen molar-refractivity contribution in [3.8, 4) is 23.7 Å². The Morgan fingerprint density at radius 1 is 1.08 bits per heavy atom. The van der Waals surface area contributed by atoms with Gasteiger partial charge in [0.1, 0.15) is 0 Å². The van der Waals surface area contributed by atoms with Crippen LogP contribution in [0.15, 0.2) is 24.3 Å². The second-order valence-corrected chi connectivity index (χ2v) is 2.39. The SMILES string of the molecule is CC#Cc1ccc(C#CCF)cc1. The van der Waals surface area contributed by atoms with Crippen molar-refractivity contribution in [1.29, 1.82) is 0 Å². The lowest BCUT2D eigenvalue weighted by Gasteiger charge is -1.90. The van der Waals surface area contributed by atoms with Crippen LogP contribution in [0.4, 0.5) is 4.39 Å². The number of alkyl halides is 1. The van der Waals surface area contributed by atoms with Crippen molar-refractivity contribution in [2.75, 3.05) is 6.67 Å². The van der Waals surface area contributed by atoms with Gasteiger partial charge in [0.2, 0.25) is 0 Å². The summed E-state index contributed by atoms with van der Waals surface area (Å²) in [6.07, 6.45) is 0. The van der Waals surface area contributed by atoms with Gasteiger partial charge in [-0.3, -0.25) is 0 Å². The third-order valence-electron chi connectivity index (χ3n) is 1.45. The number of benzene rings is 1. The van der Waals surface area contributed by atoms with Crippen molar-refractivity contribution in [3.05, 3.63) is 35.4 Å². The summed E-state index contributed by atoms with van der Waals surface area (Å²) in [6, 6.07) is 7.42. The highest BCUT2D eigenvalue weighted by molar-refractivity contribution is 5.41. The Kier molecular flexibility index (Phi) is 3.61. The first-order chi connectivity index (χ1) is 6.36. The van der Waals surface area contributed by atoms with Crippen molar-refractivity contribution in [3.63, 3.8) is 0 Å². The zero-order valence-electron chi connectivity index (χ0n) is 7.39. The van der Waals surface area contributed by atoms with E-state index in [9.17, 15) is 4.39 Å². The molecule has 0 aromatic heterocycles. The maximum Gasteiger partial charge on any atom is 0.150 e. The van der Waals surface area contributed by atoms with Gasteiger partial charge < -0.3 is 0 Å². The molecule has 0 bridgehead atoms. The van der Waals surface area contributed by atoms with Crippen molar-refractivity contribution in [2.45, 2.75) is 6.92 Å². The summed E-state index contributed by atoms with van der Waals surface area (Å²) in [5, 5.41) is 0. The highest BCUT2D eigenvalue weighted by Crippen LogP contribution is 2.01. The van der Waals surface area contributed by atoms with E-state index < -0.39 is 6.67 Å². The summed E-state index contributed by atoms with van der Waals surface area (Å²) < 4.78 is 11.7. The third kappa shape index (κ3) is 3.01. The predicted octanol–water partition coefficient (Wildman–Crippen LogP) is 2.38. The molecule has 0 saturated carbocycles. The summed E-state index contributed by atoms with van der Waals surface area (Å²) in [4.78, 5) is 0. The van der Waals surface area contributed by atoms with Gasteiger partial charge in [-0.05, 0) is 31.2 Å². The lowest BCUT2D eigenvalue weighted by molar-refractivity contribution is 0.573. The Bertz CT molecular complexity index is 379. The van der Waals surface area contributed by atoms with Crippen LogP contribution in [0, 0.1) is 23.7 Å². The van der Waals surface area contributed by atoms with E-state index in [0.717, 1.165) is 11.1 Å². The lowest BCUT2D eigenvalue weighted by atomic mass is 10.1. The molecule has 13 heavy (non-hydrogen) atoms. The summed E-state index contributed by atoms with van der Waals surface area (Å²) in [5.41, 5.74) is 1.77. The molecule has 0 N–H and O–H groups in total. The second-order valence-electron chi connectivity index (χ2n) is 2.39. The second kappa shape index (κ2) is 5.01. The molecule has 0 aliphatic rings. The van der Waals surface area contributed by atoms with E-state index >= 15 is 0 Å². The van der Waals surface area contributed by atoms with Gasteiger partial charge >= 0.3 is 0 Å². The van der Waals surface area contributed by atoms with E-state index in [1.54, 1.807) is 6.92 Å². The fourth-order valence-corrected chi connectivity index (χ4v) is 0.917. The molecule has 64 valence electrons. The van der Waals surface area contributed by atoms with Crippen molar-refractivity contribution in [2.24, 2.45) is 0 Å². The minimum atomic E-state index is -0.601. The van der Waals surface area contributed by atoms with Crippen LogP contribution in [0.5, 0.6) is 0 Å². The minimum Gasteiger partial charge on any atom is -0.237 e. The largest absolute Gasteiger partial charge is 0.237 e. The van der Waals surface area contributed by atoms with Gasteiger partial charge in [-0.15, -0.1) is 5.92 Å². The van der Waals surface area contributed by atoms with E-state index in [2.05, 4.69) is 23.7 Å². The molecule has 0 unspecified atom stereocenters. The number of hydrogen-bond donors (Lipinski definition) is 0. The molecular weight excluding hydrogens is 163 g/mol. The Morgan fingerprint density at radius 2 is 1.62 bits per heavy atom. The van der Waals surface area contributed by atoms with E-state index in [0.29, 0.717) is 0 Å². The smallest absolute Gasteiger partial charge is 0.150 e. The number of halogens is 1. The Morgan fingerprint density at radius 3 is 2.08 bits per heavy atom. The Labute approximate surface area is 77.8 Å². The van der Waals surface area contributed by atoms with Crippen LogP contribution in [0.25, 0.3) is 0 Å². The van der Waals surface area contributed by atoms with Crippen LogP contribution in [-0.2, 0) is 0 Å². The van der Waals surface area contributed by atoms with E-state index in [-0.39, 0.29) is 0 Å². The molecule has 0 fully saturated rings. The maximum atomic E-state index is 11.7. The average Bonchev–Trinajstić information content (AvgIpc) is 2.17. The van der Waals surface area contributed by atoms with E-state index in [1.807, 2.05) is 24.3 Å². The zero-order chi connectivity index (χ0) is 9.52. The summed E-state index contributed by atoms with van der Waals surface area (Å²) in [5.74, 6) is 10.8. The highest BCUT2D eigenvalue weighted by atomic mass is 19.1. The third-order valence-corrected chi connectivity index (χ3v) is 1.45. The van der Waals surface area contributed by atoms with Crippen LogP contribution in [0.2, 0.25) is 0 Å². The highest BCUT2D eigenvalue weighted by Gasteiger charge is 1.86. The van der Waals surface area contributed by atoms with Crippen molar-refractivity contribution in [1.82, 2.24) is 0 Å². The molecule has 0 radical (unpaired) electrons. The topological polar surface area (TPSA) is 0 Å². The normalized spacial score (nSPS) is 7.85. The predicted molar refractivity (Wildman–Crippen MR) is 51.8 cm³/mol. The first-order valence-corrected chi connectivity index (χ1v) is 3.94. The Hall–Kier alpha value is -1.73. The first kappa shape index (κ1) is 9.36. The molecule has 1 aromatic carbocycles. The van der Waals surface area contributed by atoms with Crippen molar-refractivity contribution >= 4 is 0 Å². The summed E-state index contributed by atoms with van der Waals surface area (Å²) in [7, 11) is 0. The summed E-state index contributed by atoms with van der Waals surface area (Å²) >= 11 is 0. The first-order valence-electron chi connectivity index (χ1n) is 3.94. The minimum absolute atomic E-state index is 0.601. The van der Waals surface area contributed by atoms with Crippen molar-refractivity contribution < 1.29 is 4.39 Å². The van der Waals surface area contributed by atoms with E-state index in [1.165, 1.54) is 0 Å². The van der Waals surface area contributed by atoms with Gasteiger partial charge in [0.05, 0.1) is 0 Å². The molecule has 0 spiro atoms. The molecule has 0 heterocycles. The maximum absolute atomic E-state index is 11.7. The lowest BCUT2D eigenvalue weighted by Crippen LogP contribution is -1.76. The summed E-state index contributed by atoms with van der Waals surface area (Å²) in [6.45, 7) is 1.19. The van der Waals surface area contributed by atoms with Crippen LogP contribution in [-0.4, -0.2) is 6.67 Å². The van der Waals surface area contributed by atoms with Gasteiger partial charge in [-0.25, -0.2) is 4.39 Å². The zero-order valence-corrected chi connectivity index (χ0v) is 7.39. The van der Waals surface area contributed by atoms with Crippen LogP contribution < -0.4 is 0 Å². The molecule has 1 aromatic rings. The standard InChI is InChI=1S/C12H9F/c1-2-4-11-6-8-12(9-7-11)5-3-10-13/h6-9H,10H2,1H3. The van der Waals surface area contributed by atoms with E-state index in [4.69, 9.17) is 0 Å². The van der Waals surface area contributed by atoms with Gasteiger partial charge in [0, 0.05) is 11.1 Å². The number of rotatable bonds is 0.